The summed E-state index contributed by atoms with van der Waals surface area (Å²) in [7, 11) is 0. The highest BCUT2D eigenvalue weighted by Gasteiger charge is 2.54. The highest BCUT2D eigenvalue weighted by molar-refractivity contribution is 8.00. The third-order valence-corrected chi connectivity index (χ3v) is 9.02. The van der Waals surface area contributed by atoms with Gasteiger partial charge >= 0.3 is 5.97 Å². The molecule has 0 radical (unpaired) electrons. The predicted octanol–water partition coefficient (Wildman–Crippen LogP) is 6.23. The van der Waals surface area contributed by atoms with Gasteiger partial charge in [0.2, 0.25) is 17.4 Å². The van der Waals surface area contributed by atoms with Crippen LogP contribution in [0.4, 0.5) is 5.69 Å². The number of nitro groups is 1. The number of carbonyl (C=O) groups excluding carboxylic acids is 3. The molecule has 47 heavy (non-hydrogen) atoms. The lowest BCUT2D eigenvalue weighted by Gasteiger charge is -2.48. The molecule has 246 valence electrons. The van der Waals surface area contributed by atoms with Gasteiger partial charge in [-0.25, -0.2) is 4.79 Å². The van der Waals surface area contributed by atoms with E-state index in [0.717, 1.165) is 11.1 Å². The number of non-ortho nitro benzene ring substituents is 1. The highest BCUT2D eigenvalue weighted by Crippen LogP contribution is 2.42. The average Bonchev–Trinajstić information content (AvgIpc) is 3.04. The molecule has 0 unspecified atom stereocenters. The van der Waals surface area contributed by atoms with Crippen molar-refractivity contribution in [2.75, 3.05) is 5.75 Å². The van der Waals surface area contributed by atoms with E-state index in [2.05, 4.69) is 0 Å². The fourth-order valence-electron chi connectivity index (χ4n) is 4.84. The Kier molecular flexibility index (Phi) is 11.3. The number of ether oxygens (including phenoxy) is 2. The number of carbonyl (C=O) groups is 3. The average molecular weight is 677 g/mol. The van der Waals surface area contributed by atoms with E-state index in [4.69, 9.17) is 21.7 Å². The van der Waals surface area contributed by atoms with Crippen LogP contribution in [0.3, 0.4) is 0 Å². The number of thioether (sulfide) groups is 1. The number of thiocarbonyl (C=S) groups is 1. The Morgan fingerprint density at radius 1 is 1.02 bits per heavy atom. The van der Waals surface area contributed by atoms with Crippen molar-refractivity contribution in [1.82, 2.24) is 4.90 Å². The van der Waals surface area contributed by atoms with Gasteiger partial charge in [0.1, 0.15) is 12.4 Å². The second-order valence-electron chi connectivity index (χ2n) is 11.9. The summed E-state index contributed by atoms with van der Waals surface area (Å²) in [4.78, 5) is 53.8. The lowest BCUT2D eigenvalue weighted by Crippen LogP contribution is -2.63. The fraction of sp³-hybridized carbons (Fsp3) is 0.314. The van der Waals surface area contributed by atoms with E-state index < -0.39 is 45.4 Å². The number of esters is 1. The summed E-state index contributed by atoms with van der Waals surface area (Å²) in [5, 5.41) is 20.8. The fourth-order valence-corrected chi connectivity index (χ4v) is 6.36. The third-order valence-electron chi connectivity index (χ3n) is 7.37. The van der Waals surface area contributed by atoms with Gasteiger partial charge in [0.25, 0.3) is 5.69 Å². The number of nitro benzene ring substituents is 1. The van der Waals surface area contributed by atoms with E-state index in [-0.39, 0.29) is 29.5 Å². The summed E-state index contributed by atoms with van der Waals surface area (Å²) in [6, 6.07) is 21.7. The molecule has 0 aliphatic carbocycles. The minimum atomic E-state index is -1.04. The number of aliphatic hydroxyl groups excluding tert-OH is 1. The van der Waals surface area contributed by atoms with Crippen LogP contribution < -0.4 is 4.74 Å². The lowest BCUT2D eigenvalue weighted by molar-refractivity contribution is -0.384. The molecule has 1 amide bonds. The van der Waals surface area contributed by atoms with Crippen LogP contribution >= 0.6 is 24.0 Å². The number of amides is 1. The molecule has 0 bridgehead atoms. The van der Waals surface area contributed by atoms with E-state index in [9.17, 15) is 29.6 Å². The van der Waals surface area contributed by atoms with Gasteiger partial charge in [-0.05, 0) is 65.8 Å². The molecule has 0 aromatic heterocycles. The largest absolute Gasteiger partial charge is 0.456 e. The highest BCUT2D eigenvalue weighted by atomic mass is 32.2. The van der Waals surface area contributed by atoms with Gasteiger partial charge in [0.15, 0.2) is 5.70 Å². The van der Waals surface area contributed by atoms with Crippen molar-refractivity contribution in [1.29, 1.82) is 0 Å². The predicted molar refractivity (Wildman–Crippen MR) is 183 cm³/mol. The van der Waals surface area contributed by atoms with Crippen LogP contribution in [0.1, 0.15) is 51.3 Å². The zero-order valence-electron chi connectivity index (χ0n) is 26.7. The first-order valence-electron chi connectivity index (χ1n) is 14.9. The van der Waals surface area contributed by atoms with Gasteiger partial charge in [-0.15, -0.1) is 11.8 Å². The van der Waals surface area contributed by atoms with E-state index in [1.165, 1.54) is 47.9 Å². The Morgan fingerprint density at radius 3 is 2.15 bits per heavy atom. The summed E-state index contributed by atoms with van der Waals surface area (Å²) in [6.45, 7) is 8.06. The summed E-state index contributed by atoms with van der Waals surface area (Å²) >= 11 is 6.98. The first kappa shape index (κ1) is 35.5. The minimum Gasteiger partial charge on any atom is -0.456 e. The standard InChI is InChI=1S/C35H36N2O8S2/c1-6-47-33-27(21(2)38)32(40)36(33)28(34(41)44-20-22-12-16-25(17-13-22)37(42)43)29(31(39)35(3,4)5)45-26-18-14-24(15-19-26)30(46)23-10-8-7-9-11-23/h7-19,21,27,33,38H,6,20H2,1-5H3/t21-,27+,33-/m1/s1. The van der Waals surface area contributed by atoms with Gasteiger partial charge in [-0.1, -0.05) is 70.2 Å². The van der Waals surface area contributed by atoms with Gasteiger partial charge in [-0.3, -0.25) is 24.6 Å². The van der Waals surface area contributed by atoms with Crippen molar-refractivity contribution < 1.29 is 33.9 Å². The number of rotatable bonds is 13. The maximum Gasteiger partial charge on any atom is 0.359 e. The first-order chi connectivity index (χ1) is 22.2. The monoisotopic (exact) mass is 676 g/mol. The van der Waals surface area contributed by atoms with Gasteiger partial charge in [0.05, 0.1) is 27.2 Å². The number of aliphatic hydroxyl groups is 1. The van der Waals surface area contributed by atoms with E-state index in [0.29, 0.717) is 16.2 Å². The van der Waals surface area contributed by atoms with E-state index >= 15 is 0 Å². The van der Waals surface area contributed by atoms with Gasteiger partial charge < -0.3 is 14.6 Å². The molecule has 1 heterocycles. The quantitative estimate of drug-likeness (QED) is 0.0324. The molecule has 4 rings (SSSR count). The van der Waals surface area contributed by atoms with Crippen LogP contribution in [0.2, 0.25) is 0 Å². The lowest BCUT2D eigenvalue weighted by atomic mass is 9.87. The zero-order valence-corrected chi connectivity index (χ0v) is 28.3. The Labute approximate surface area is 282 Å². The van der Waals surface area contributed by atoms with Gasteiger partial charge in [0, 0.05) is 17.5 Å². The number of nitrogens with zero attached hydrogens (tertiary/aromatic N) is 2. The number of allylic oxidation sites excluding steroid dienone is 1. The Bertz CT molecular complexity index is 1680. The minimum absolute atomic E-state index is 0.127. The van der Waals surface area contributed by atoms with Crippen molar-refractivity contribution in [3.05, 3.63) is 117 Å². The van der Waals surface area contributed by atoms with Gasteiger partial charge in [-0.2, -0.15) is 0 Å². The van der Waals surface area contributed by atoms with Crippen LogP contribution in [-0.2, 0) is 25.7 Å². The van der Waals surface area contributed by atoms with E-state index in [1.54, 1.807) is 45.0 Å². The van der Waals surface area contributed by atoms with Crippen LogP contribution in [0.25, 0.3) is 0 Å². The molecule has 1 aliphatic heterocycles. The SMILES string of the molecule is CCS[C@@H]1[C@@H]([C@@H](C)O)C(=O)N1C(C(=O)OCc1ccc([N+](=O)[O-])cc1)=C(Oc1ccc(C(=S)c2ccccc2)cc1)C(=O)C(C)(C)C. The molecule has 0 saturated carbocycles. The molecular formula is C35H36N2O8S2. The molecule has 10 nitrogen and oxygen atoms in total. The maximum atomic E-state index is 14.0. The van der Waals surface area contributed by atoms with Crippen LogP contribution in [0.5, 0.6) is 5.75 Å². The Hall–Kier alpha value is -4.39. The smallest absolute Gasteiger partial charge is 0.359 e. The molecule has 1 aliphatic rings. The van der Waals surface area contributed by atoms with Crippen molar-refractivity contribution >= 4 is 52.2 Å². The van der Waals surface area contributed by atoms with Crippen LogP contribution in [-0.4, -0.2) is 54.7 Å². The second-order valence-corrected chi connectivity index (χ2v) is 13.7. The third kappa shape index (κ3) is 8.13. The molecule has 3 aromatic rings. The molecule has 12 heteroatoms. The molecule has 1 N–H and O–H groups in total. The maximum absolute atomic E-state index is 14.0. The molecule has 1 saturated heterocycles. The van der Waals surface area contributed by atoms with Crippen molar-refractivity contribution in [3.8, 4) is 5.75 Å². The van der Waals surface area contributed by atoms with Crippen molar-refractivity contribution in [2.24, 2.45) is 11.3 Å². The summed E-state index contributed by atoms with van der Waals surface area (Å²) < 4.78 is 11.8. The number of Topliss-reactive ketones (excluding diaryl/α,β-unsaturated/α-hetero) is 1. The normalized spacial score (nSPS) is 17.2. The summed E-state index contributed by atoms with van der Waals surface area (Å²) in [5.41, 5.74) is 0.501. The second kappa shape index (κ2) is 15.0. The number of β-lactam (4-membered cyclic amide) rings is 1. The molecule has 3 aromatic carbocycles. The van der Waals surface area contributed by atoms with Crippen molar-refractivity contribution in [3.63, 3.8) is 0 Å². The molecule has 0 spiro atoms. The molecule has 1 fully saturated rings. The number of ketones is 1. The Balaban J connectivity index is 1.77. The molecule has 3 atom stereocenters. The number of benzene rings is 3. The topological polar surface area (TPSA) is 136 Å². The number of hydrogen-bond acceptors (Lipinski definition) is 10. The molecular weight excluding hydrogens is 641 g/mol. The van der Waals surface area contributed by atoms with Crippen LogP contribution in [0, 0.1) is 21.4 Å². The van der Waals surface area contributed by atoms with E-state index in [1.807, 2.05) is 37.3 Å². The summed E-state index contributed by atoms with van der Waals surface area (Å²) in [6.07, 6.45) is -1.01. The van der Waals surface area contributed by atoms with Crippen molar-refractivity contribution in [2.45, 2.75) is 52.7 Å². The summed E-state index contributed by atoms with van der Waals surface area (Å²) in [5.74, 6) is -2.55. The number of hydrogen-bond donors (Lipinski definition) is 1. The van der Waals surface area contributed by atoms with Crippen LogP contribution in [0.15, 0.2) is 90.3 Å². The Morgan fingerprint density at radius 2 is 1.62 bits per heavy atom. The first-order valence-corrected chi connectivity index (χ1v) is 16.4. The zero-order chi connectivity index (χ0) is 34.5. The number of likely N-dealkylation sites (tertiary alicyclic amines) is 1.